The fraction of sp³-hybridized carbons (Fsp3) is 0. The van der Waals surface area contributed by atoms with E-state index in [0.717, 1.165) is 6.07 Å². The monoisotopic (exact) mass is 405 g/mol. The maximum atomic E-state index is 13.5. The van der Waals surface area contributed by atoms with Gasteiger partial charge >= 0.3 is 0 Å². The molecule has 0 aliphatic carbocycles. The molecule has 0 unspecified atom stereocenters. The molecule has 0 fully saturated rings. The number of carbonyl (C=O) groups is 1. The molecule has 2 rings (SSSR count). The SMILES string of the molecule is O=C(Nc1cc(Br)c(F)cc1F)c1cc(Br)ccc1O. The lowest BCUT2D eigenvalue weighted by Crippen LogP contribution is -2.13. The first-order valence-electron chi connectivity index (χ1n) is 5.33. The van der Waals surface area contributed by atoms with Gasteiger partial charge in [0.05, 0.1) is 15.7 Å². The van der Waals surface area contributed by atoms with Crippen LogP contribution in [0, 0.1) is 11.6 Å². The van der Waals surface area contributed by atoms with Crippen molar-refractivity contribution in [3.05, 3.63) is 56.5 Å². The lowest BCUT2D eigenvalue weighted by molar-refractivity contribution is 0.102. The van der Waals surface area contributed by atoms with Crippen LogP contribution in [-0.2, 0) is 0 Å². The van der Waals surface area contributed by atoms with Crippen molar-refractivity contribution in [3.8, 4) is 5.75 Å². The quantitative estimate of drug-likeness (QED) is 0.724. The van der Waals surface area contributed by atoms with Gasteiger partial charge in [-0.15, -0.1) is 0 Å². The van der Waals surface area contributed by atoms with Gasteiger partial charge in [0.15, 0.2) is 0 Å². The zero-order chi connectivity index (χ0) is 14.9. The summed E-state index contributed by atoms with van der Waals surface area (Å²) in [6.45, 7) is 0. The van der Waals surface area contributed by atoms with Crippen LogP contribution >= 0.6 is 31.9 Å². The molecular weight excluding hydrogens is 400 g/mol. The van der Waals surface area contributed by atoms with Crippen LogP contribution in [0.2, 0.25) is 0 Å². The summed E-state index contributed by atoms with van der Waals surface area (Å²) in [4.78, 5) is 12.0. The number of phenols is 1. The maximum Gasteiger partial charge on any atom is 0.259 e. The lowest BCUT2D eigenvalue weighted by Gasteiger charge is -2.09. The zero-order valence-electron chi connectivity index (χ0n) is 9.75. The van der Waals surface area contributed by atoms with Gasteiger partial charge in [-0.1, -0.05) is 15.9 Å². The molecule has 20 heavy (non-hydrogen) atoms. The number of halogens is 4. The molecule has 0 saturated carbocycles. The fourth-order valence-corrected chi connectivity index (χ4v) is 2.20. The number of amides is 1. The van der Waals surface area contributed by atoms with Crippen molar-refractivity contribution in [1.29, 1.82) is 0 Å². The lowest BCUT2D eigenvalue weighted by atomic mass is 10.2. The van der Waals surface area contributed by atoms with E-state index in [2.05, 4.69) is 37.2 Å². The molecule has 0 aromatic heterocycles. The number of hydrogen-bond acceptors (Lipinski definition) is 2. The highest BCUT2D eigenvalue weighted by atomic mass is 79.9. The Morgan fingerprint density at radius 3 is 2.50 bits per heavy atom. The molecule has 1 amide bonds. The summed E-state index contributed by atoms with van der Waals surface area (Å²) in [7, 11) is 0. The number of nitrogens with one attached hydrogen (secondary N) is 1. The van der Waals surface area contributed by atoms with Crippen molar-refractivity contribution >= 4 is 43.5 Å². The molecule has 0 radical (unpaired) electrons. The van der Waals surface area contributed by atoms with E-state index in [9.17, 15) is 18.7 Å². The van der Waals surface area contributed by atoms with E-state index >= 15 is 0 Å². The Kier molecular flexibility index (Phi) is 4.39. The number of benzene rings is 2. The van der Waals surface area contributed by atoms with E-state index in [-0.39, 0.29) is 21.5 Å². The van der Waals surface area contributed by atoms with Gasteiger partial charge in [-0.05, 0) is 40.2 Å². The molecule has 0 atom stereocenters. The fourth-order valence-electron chi connectivity index (χ4n) is 1.50. The van der Waals surface area contributed by atoms with Gasteiger partial charge in [0.2, 0.25) is 0 Å². The zero-order valence-corrected chi connectivity index (χ0v) is 12.9. The summed E-state index contributed by atoms with van der Waals surface area (Å²) in [5.74, 6) is -2.63. The van der Waals surface area contributed by atoms with Gasteiger partial charge in [-0.2, -0.15) is 0 Å². The van der Waals surface area contributed by atoms with E-state index in [1.54, 1.807) is 6.07 Å². The minimum absolute atomic E-state index is 0.0210. The predicted molar refractivity (Wildman–Crippen MR) is 77.8 cm³/mol. The average Bonchev–Trinajstić information content (AvgIpc) is 2.38. The standard InChI is InChI=1S/C13H7Br2F2NO2/c14-6-1-2-12(19)7(3-6)13(20)18-11-4-8(15)9(16)5-10(11)17/h1-5,19H,(H,18,20). The van der Waals surface area contributed by atoms with Gasteiger partial charge in [-0.25, -0.2) is 8.78 Å². The van der Waals surface area contributed by atoms with Crippen LogP contribution < -0.4 is 5.32 Å². The van der Waals surface area contributed by atoms with Gasteiger partial charge < -0.3 is 10.4 Å². The topological polar surface area (TPSA) is 49.3 Å². The largest absolute Gasteiger partial charge is 0.507 e. The van der Waals surface area contributed by atoms with Crippen LogP contribution in [0.5, 0.6) is 5.75 Å². The van der Waals surface area contributed by atoms with E-state index < -0.39 is 17.5 Å². The second kappa shape index (κ2) is 5.88. The van der Waals surface area contributed by atoms with E-state index in [0.29, 0.717) is 10.5 Å². The molecule has 2 aromatic carbocycles. The van der Waals surface area contributed by atoms with Crippen LogP contribution in [0.1, 0.15) is 10.4 Å². The van der Waals surface area contributed by atoms with Crippen molar-refractivity contribution in [2.45, 2.75) is 0 Å². The van der Waals surface area contributed by atoms with Crippen molar-refractivity contribution < 1.29 is 18.7 Å². The first kappa shape index (κ1) is 14.9. The first-order valence-corrected chi connectivity index (χ1v) is 6.91. The Balaban J connectivity index is 2.32. The summed E-state index contributed by atoms with van der Waals surface area (Å²) < 4.78 is 27.2. The number of aromatic hydroxyl groups is 1. The molecule has 0 saturated heterocycles. The van der Waals surface area contributed by atoms with Crippen molar-refractivity contribution in [2.75, 3.05) is 5.32 Å². The molecule has 104 valence electrons. The Labute approximate surface area is 129 Å². The average molecular weight is 407 g/mol. The molecule has 0 aliphatic rings. The van der Waals surface area contributed by atoms with Crippen LogP contribution in [0.3, 0.4) is 0 Å². The van der Waals surface area contributed by atoms with Crippen molar-refractivity contribution in [1.82, 2.24) is 0 Å². The van der Waals surface area contributed by atoms with Gasteiger partial charge in [0, 0.05) is 10.5 Å². The van der Waals surface area contributed by atoms with Crippen molar-refractivity contribution in [2.24, 2.45) is 0 Å². The molecule has 7 heteroatoms. The van der Waals surface area contributed by atoms with Gasteiger partial charge in [-0.3, -0.25) is 4.79 Å². The van der Waals surface area contributed by atoms with Gasteiger partial charge in [0.1, 0.15) is 17.4 Å². The maximum absolute atomic E-state index is 13.5. The Morgan fingerprint density at radius 2 is 1.80 bits per heavy atom. The summed E-state index contributed by atoms with van der Waals surface area (Å²) >= 11 is 6.07. The minimum atomic E-state index is -0.909. The van der Waals surface area contributed by atoms with Crippen LogP contribution in [0.25, 0.3) is 0 Å². The number of hydrogen-bond donors (Lipinski definition) is 2. The molecule has 0 heterocycles. The molecule has 2 aromatic rings. The predicted octanol–water partition coefficient (Wildman–Crippen LogP) is 4.45. The third-order valence-corrected chi connectivity index (χ3v) is 3.56. The van der Waals surface area contributed by atoms with Crippen LogP contribution in [0.4, 0.5) is 14.5 Å². The molecule has 3 nitrogen and oxygen atoms in total. The first-order chi connectivity index (χ1) is 9.38. The number of phenolic OH excluding ortho intramolecular Hbond substituents is 1. The third-order valence-electron chi connectivity index (χ3n) is 2.46. The molecular formula is C13H7Br2F2NO2. The van der Waals surface area contributed by atoms with E-state index in [1.807, 2.05) is 0 Å². The minimum Gasteiger partial charge on any atom is -0.507 e. The summed E-state index contributed by atoms with van der Waals surface area (Å²) in [5, 5.41) is 11.9. The number of rotatable bonds is 2. The molecule has 0 bridgehead atoms. The second-order valence-electron chi connectivity index (χ2n) is 3.86. The smallest absolute Gasteiger partial charge is 0.259 e. The van der Waals surface area contributed by atoms with Gasteiger partial charge in [0.25, 0.3) is 5.91 Å². The van der Waals surface area contributed by atoms with Crippen LogP contribution in [0.15, 0.2) is 39.3 Å². The summed E-state index contributed by atoms with van der Waals surface area (Å²) in [5.41, 5.74) is -0.220. The Morgan fingerprint density at radius 1 is 1.10 bits per heavy atom. The summed E-state index contributed by atoms with van der Waals surface area (Å²) in [6, 6.07) is 6.04. The highest BCUT2D eigenvalue weighted by molar-refractivity contribution is 9.10. The molecule has 2 N–H and O–H groups in total. The Bertz CT molecular complexity index is 692. The highest BCUT2D eigenvalue weighted by Crippen LogP contribution is 2.26. The number of anilines is 1. The summed E-state index contributed by atoms with van der Waals surface area (Å²) in [6.07, 6.45) is 0. The third kappa shape index (κ3) is 3.16. The van der Waals surface area contributed by atoms with E-state index in [4.69, 9.17) is 0 Å². The number of carbonyl (C=O) groups excluding carboxylic acids is 1. The van der Waals surface area contributed by atoms with Crippen molar-refractivity contribution in [3.63, 3.8) is 0 Å². The molecule has 0 spiro atoms. The highest BCUT2D eigenvalue weighted by Gasteiger charge is 2.15. The second-order valence-corrected chi connectivity index (χ2v) is 5.63. The van der Waals surface area contributed by atoms with Crippen LogP contribution in [-0.4, -0.2) is 11.0 Å². The van der Waals surface area contributed by atoms with E-state index in [1.165, 1.54) is 12.1 Å². The molecule has 0 aliphatic heterocycles. The Hall–Kier alpha value is -1.47. The normalized spacial score (nSPS) is 10.4.